The maximum Gasteiger partial charge on any atom is 0.237 e. The summed E-state index contributed by atoms with van der Waals surface area (Å²) in [7, 11) is 0. The van der Waals surface area contributed by atoms with Crippen molar-refractivity contribution in [3.8, 4) is 0 Å². The van der Waals surface area contributed by atoms with E-state index in [1.165, 1.54) is 0 Å². The van der Waals surface area contributed by atoms with Gasteiger partial charge in [-0.25, -0.2) is 0 Å². The van der Waals surface area contributed by atoms with E-state index in [-0.39, 0.29) is 17.6 Å². The van der Waals surface area contributed by atoms with Crippen molar-refractivity contribution in [1.82, 2.24) is 10.2 Å². The van der Waals surface area contributed by atoms with E-state index in [9.17, 15) is 4.79 Å². The molecule has 1 aromatic rings. The van der Waals surface area contributed by atoms with Crippen molar-refractivity contribution < 1.29 is 4.79 Å². The molecule has 0 aliphatic heterocycles. The van der Waals surface area contributed by atoms with Crippen molar-refractivity contribution >= 4 is 28.9 Å². The molecule has 1 rings (SSSR count). The smallest absolute Gasteiger partial charge is 0.237 e. The van der Waals surface area contributed by atoms with Crippen molar-refractivity contribution in [1.29, 1.82) is 0 Å². The lowest BCUT2D eigenvalue weighted by Crippen LogP contribution is -2.41. The molecule has 7 heteroatoms. The van der Waals surface area contributed by atoms with Gasteiger partial charge in [-0.05, 0) is 32.3 Å². The summed E-state index contributed by atoms with van der Waals surface area (Å²) in [5.74, 6) is 0.0994. The second-order valence-electron chi connectivity index (χ2n) is 5.08. The fraction of sp³-hybridized carbons (Fsp3) is 0.571. The van der Waals surface area contributed by atoms with Crippen LogP contribution in [-0.4, -0.2) is 33.7 Å². The number of thiocarbonyl (C=S) groups is 1. The molecule has 21 heavy (non-hydrogen) atoms. The predicted octanol–water partition coefficient (Wildman–Crippen LogP) is 0.936. The first-order valence-corrected chi connectivity index (χ1v) is 7.47. The van der Waals surface area contributed by atoms with E-state index in [2.05, 4.69) is 10.2 Å². The monoisotopic (exact) mass is 309 g/mol. The summed E-state index contributed by atoms with van der Waals surface area (Å²) in [6, 6.07) is 0.0251. The molecule has 0 fully saturated rings. The van der Waals surface area contributed by atoms with Crippen LogP contribution < -0.4 is 16.4 Å². The Morgan fingerprint density at radius 3 is 2.24 bits per heavy atom. The molecular formula is C14H23N5OS. The summed E-state index contributed by atoms with van der Waals surface area (Å²) in [4.78, 5) is 13.4. The molecule has 1 amide bonds. The van der Waals surface area contributed by atoms with Crippen molar-refractivity contribution in [2.75, 3.05) is 11.4 Å². The van der Waals surface area contributed by atoms with Crippen LogP contribution in [0.1, 0.15) is 44.5 Å². The molecule has 0 bridgehead atoms. The molecule has 1 aromatic heterocycles. The van der Waals surface area contributed by atoms with E-state index in [4.69, 9.17) is 23.7 Å². The van der Waals surface area contributed by atoms with Gasteiger partial charge >= 0.3 is 0 Å². The first-order chi connectivity index (χ1) is 9.83. The molecular weight excluding hydrogens is 286 g/mol. The number of carbonyl (C=O) groups excluding carboxylic acids is 1. The third-order valence-electron chi connectivity index (χ3n) is 3.30. The SMILES string of the molecule is CCc1nnc(N(CC(N)=O)C(C)C)c(C(N)=S)c1CC. The van der Waals surface area contributed by atoms with Gasteiger partial charge in [-0.1, -0.05) is 26.1 Å². The van der Waals surface area contributed by atoms with E-state index in [1.807, 2.05) is 27.7 Å². The number of rotatable bonds is 7. The lowest BCUT2D eigenvalue weighted by Gasteiger charge is -2.29. The standard InChI is InChI=1S/C14H23N5OS/c1-5-9-10(6-2)17-18-14(12(9)13(16)21)19(8(3)4)7-11(15)20/h8H,5-7H2,1-4H3,(H2,15,20)(H2,16,21). The first-order valence-electron chi connectivity index (χ1n) is 7.06. The van der Waals surface area contributed by atoms with Crippen LogP contribution in [-0.2, 0) is 17.6 Å². The Kier molecular flexibility index (Phi) is 6.02. The van der Waals surface area contributed by atoms with Crippen LogP contribution in [0.4, 0.5) is 5.82 Å². The van der Waals surface area contributed by atoms with Crippen molar-refractivity contribution in [2.45, 2.75) is 46.6 Å². The Balaban J connectivity index is 3.53. The molecule has 0 aliphatic rings. The van der Waals surface area contributed by atoms with Crippen molar-refractivity contribution in [3.63, 3.8) is 0 Å². The molecule has 0 aliphatic carbocycles. The highest BCUT2D eigenvalue weighted by Gasteiger charge is 2.23. The second-order valence-corrected chi connectivity index (χ2v) is 5.52. The molecule has 0 saturated carbocycles. The number of aryl methyl sites for hydroxylation is 1. The minimum absolute atomic E-state index is 0.0251. The summed E-state index contributed by atoms with van der Waals surface area (Å²) in [5.41, 5.74) is 13.8. The zero-order valence-electron chi connectivity index (χ0n) is 13.0. The Hall–Kier alpha value is -1.76. The molecule has 0 radical (unpaired) electrons. The zero-order chi connectivity index (χ0) is 16.2. The summed E-state index contributed by atoms with van der Waals surface area (Å²) in [6.07, 6.45) is 1.50. The lowest BCUT2D eigenvalue weighted by molar-refractivity contribution is -0.116. The number of amides is 1. The average Bonchev–Trinajstić information content (AvgIpc) is 2.42. The molecule has 0 atom stereocenters. The summed E-state index contributed by atoms with van der Waals surface area (Å²) in [5, 5.41) is 8.52. The molecule has 0 spiro atoms. The maximum absolute atomic E-state index is 11.3. The summed E-state index contributed by atoms with van der Waals surface area (Å²) < 4.78 is 0. The number of hydrogen-bond donors (Lipinski definition) is 2. The van der Waals surface area contributed by atoms with Crippen LogP contribution in [0.15, 0.2) is 0 Å². The van der Waals surface area contributed by atoms with Gasteiger partial charge in [-0.3, -0.25) is 4.79 Å². The second kappa shape index (κ2) is 7.31. The maximum atomic E-state index is 11.3. The average molecular weight is 309 g/mol. The van der Waals surface area contributed by atoms with Gasteiger partial charge in [-0.15, -0.1) is 5.10 Å². The van der Waals surface area contributed by atoms with E-state index >= 15 is 0 Å². The van der Waals surface area contributed by atoms with Gasteiger partial charge in [0.1, 0.15) is 4.99 Å². The van der Waals surface area contributed by atoms with Gasteiger partial charge in [0, 0.05) is 6.04 Å². The van der Waals surface area contributed by atoms with Crippen LogP contribution in [0.5, 0.6) is 0 Å². The van der Waals surface area contributed by atoms with E-state index < -0.39 is 5.91 Å². The normalized spacial score (nSPS) is 10.7. The quantitative estimate of drug-likeness (QED) is 0.727. The number of nitrogens with zero attached hydrogens (tertiary/aromatic N) is 3. The number of nitrogens with two attached hydrogens (primary N) is 2. The predicted molar refractivity (Wildman–Crippen MR) is 88.4 cm³/mol. The van der Waals surface area contributed by atoms with Crippen molar-refractivity contribution in [3.05, 3.63) is 16.8 Å². The molecule has 0 saturated heterocycles. The Bertz CT molecular complexity index is 544. The molecule has 116 valence electrons. The molecule has 6 nitrogen and oxygen atoms in total. The van der Waals surface area contributed by atoms with E-state index in [1.54, 1.807) is 4.90 Å². The third kappa shape index (κ3) is 3.87. The summed E-state index contributed by atoms with van der Waals surface area (Å²) >= 11 is 5.20. The Labute approximate surface area is 130 Å². The van der Waals surface area contributed by atoms with Crippen LogP contribution in [0, 0.1) is 0 Å². The number of carbonyl (C=O) groups is 1. The van der Waals surface area contributed by atoms with Gasteiger partial charge < -0.3 is 16.4 Å². The fourth-order valence-electron chi connectivity index (χ4n) is 2.29. The number of aromatic nitrogens is 2. The number of primary amides is 1. The Morgan fingerprint density at radius 1 is 1.24 bits per heavy atom. The number of hydrogen-bond acceptors (Lipinski definition) is 5. The van der Waals surface area contributed by atoms with Crippen LogP contribution in [0.3, 0.4) is 0 Å². The number of anilines is 1. The summed E-state index contributed by atoms with van der Waals surface area (Å²) in [6.45, 7) is 7.99. The molecule has 0 aromatic carbocycles. The highest BCUT2D eigenvalue weighted by Crippen LogP contribution is 2.25. The van der Waals surface area contributed by atoms with Crippen LogP contribution >= 0.6 is 12.2 Å². The largest absolute Gasteiger partial charge is 0.389 e. The Morgan fingerprint density at radius 2 is 1.86 bits per heavy atom. The highest BCUT2D eigenvalue weighted by molar-refractivity contribution is 7.80. The molecule has 1 heterocycles. The van der Waals surface area contributed by atoms with Gasteiger partial charge in [0.25, 0.3) is 0 Å². The first kappa shape index (κ1) is 17.3. The minimum atomic E-state index is -0.433. The van der Waals surface area contributed by atoms with Crippen molar-refractivity contribution in [2.24, 2.45) is 11.5 Å². The third-order valence-corrected chi connectivity index (χ3v) is 3.50. The molecule has 0 unspecified atom stereocenters. The topological polar surface area (TPSA) is 98.1 Å². The molecule has 4 N–H and O–H groups in total. The van der Waals surface area contributed by atoms with Gasteiger partial charge in [0.05, 0.1) is 17.8 Å². The fourth-order valence-corrected chi connectivity index (χ4v) is 2.51. The van der Waals surface area contributed by atoms with Crippen LogP contribution in [0.25, 0.3) is 0 Å². The highest BCUT2D eigenvalue weighted by atomic mass is 32.1. The lowest BCUT2D eigenvalue weighted by atomic mass is 10.0. The van der Waals surface area contributed by atoms with Gasteiger partial charge in [-0.2, -0.15) is 5.10 Å². The van der Waals surface area contributed by atoms with Crippen LogP contribution in [0.2, 0.25) is 0 Å². The zero-order valence-corrected chi connectivity index (χ0v) is 13.8. The van der Waals surface area contributed by atoms with E-state index in [0.29, 0.717) is 11.4 Å². The van der Waals surface area contributed by atoms with Gasteiger partial charge in [0.2, 0.25) is 5.91 Å². The van der Waals surface area contributed by atoms with Gasteiger partial charge in [0.15, 0.2) is 5.82 Å². The van der Waals surface area contributed by atoms with E-state index in [0.717, 1.165) is 24.1 Å². The minimum Gasteiger partial charge on any atom is -0.389 e.